The number of aryl methyl sites for hydroxylation is 1. The van der Waals surface area contributed by atoms with E-state index < -0.39 is 5.97 Å². The maximum Gasteiger partial charge on any atom is 0.325 e. The Morgan fingerprint density at radius 2 is 1.93 bits per heavy atom. The second-order valence-corrected chi connectivity index (χ2v) is 7.52. The molecule has 2 aromatic heterocycles. The lowest BCUT2D eigenvalue weighted by atomic mass is 10.1. The van der Waals surface area contributed by atoms with E-state index in [0.717, 1.165) is 16.6 Å². The molecule has 0 saturated carbocycles. The van der Waals surface area contributed by atoms with Gasteiger partial charge < -0.3 is 9.64 Å². The second-order valence-electron chi connectivity index (χ2n) is 7.08. The standard InChI is InChI=1S/C21H23ClN4O3/c1-13(2)26-20-16(10-23-26)9-18(14(3)24-20)21(28)25(12-19(27)29-4)11-15-5-7-17(22)8-6-15/h5-10,13H,11-12H2,1-4H3. The lowest BCUT2D eigenvalue weighted by Gasteiger charge is -2.22. The van der Waals surface area contributed by atoms with E-state index in [1.54, 1.807) is 31.3 Å². The first-order valence-corrected chi connectivity index (χ1v) is 9.63. The van der Waals surface area contributed by atoms with E-state index in [1.165, 1.54) is 12.0 Å². The maximum atomic E-state index is 13.3. The number of ether oxygens (including phenoxy) is 1. The fraction of sp³-hybridized carbons (Fsp3) is 0.333. The van der Waals surface area contributed by atoms with Crippen molar-refractivity contribution in [3.05, 3.63) is 58.4 Å². The molecule has 0 N–H and O–H groups in total. The number of hydrogen-bond donors (Lipinski definition) is 0. The van der Waals surface area contributed by atoms with Gasteiger partial charge in [-0.25, -0.2) is 9.67 Å². The molecule has 3 rings (SSSR count). The molecule has 1 amide bonds. The van der Waals surface area contributed by atoms with Crippen LogP contribution in [0.25, 0.3) is 11.0 Å². The Balaban J connectivity index is 1.96. The van der Waals surface area contributed by atoms with E-state index in [-0.39, 0.29) is 25.0 Å². The summed E-state index contributed by atoms with van der Waals surface area (Å²) in [6.45, 7) is 5.90. The van der Waals surface area contributed by atoms with Crippen LogP contribution in [0.3, 0.4) is 0 Å². The SMILES string of the molecule is COC(=O)CN(Cc1ccc(Cl)cc1)C(=O)c1cc2cnn(C(C)C)c2nc1C. The highest BCUT2D eigenvalue weighted by atomic mass is 35.5. The summed E-state index contributed by atoms with van der Waals surface area (Å²) in [6, 6.07) is 9.06. The fourth-order valence-corrected chi connectivity index (χ4v) is 3.19. The smallest absolute Gasteiger partial charge is 0.325 e. The van der Waals surface area contributed by atoms with E-state index in [0.29, 0.717) is 16.3 Å². The van der Waals surface area contributed by atoms with Crippen LogP contribution in [0.5, 0.6) is 0 Å². The summed E-state index contributed by atoms with van der Waals surface area (Å²) in [5.41, 5.74) is 2.59. The number of pyridine rings is 1. The molecular weight excluding hydrogens is 392 g/mol. The summed E-state index contributed by atoms with van der Waals surface area (Å²) in [4.78, 5) is 31.2. The van der Waals surface area contributed by atoms with Crippen molar-refractivity contribution in [2.24, 2.45) is 0 Å². The molecular formula is C21H23ClN4O3. The molecule has 0 aliphatic rings. The Hall–Kier alpha value is -2.93. The average Bonchev–Trinajstić information content (AvgIpc) is 3.10. The number of hydrogen-bond acceptors (Lipinski definition) is 5. The molecule has 0 aliphatic heterocycles. The number of halogens is 1. The largest absolute Gasteiger partial charge is 0.468 e. The zero-order valence-electron chi connectivity index (χ0n) is 16.8. The number of carbonyl (C=O) groups excluding carboxylic acids is 2. The number of esters is 1. The van der Waals surface area contributed by atoms with Crippen LogP contribution in [0.4, 0.5) is 0 Å². The number of fused-ring (bicyclic) bond motifs is 1. The van der Waals surface area contributed by atoms with Gasteiger partial charge >= 0.3 is 5.97 Å². The van der Waals surface area contributed by atoms with Gasteiger partial charge in [0, 0.05) is 23.0 Å². The molecule has 3 aromatic rings. The highest BCUT2D eigenvalue weighted by Crippen LogP contribution is 2.21. The van der Waals surface area contributed by atoms with Gasteiger partial charge in [0.05, 0.1) is 24.6 Å². The van der Waals surface area contributed by atoms with Gasteiger partial charge in [0.2, 0.25) is 0 Å². The Labute approximate surface area is 174 Å². The first-order chi connectivity index (χ1) is 13.8. The number of aromatic nitrogens is 3. The third kappa shape index (κ3) is 4.56. The summed E-state index contributed by atoms with van der Waals surface area (Å²) in [7, 11) is 1.30. The van der Waals surface area contributed by atoms with Crippen LogP contribution in [0.2, 0.25) is 5.02 Å². The molecule has 0 unspecified atom stereocenters. The lowest BCUT2D eigenvalue weighted by Crippen LogP contribution is -2.36. The zero-order chi connectivity index (χ0) is 21.1. The van der Waals surface area contributed by atoms with Gasteiger partial charge in [-0.2, -0.15) is 5.10 Å². The Morgan fingerprint density at radius 1 is 1.24 bits per heavy atom. The van der Waals surface area contributed by atoms with Crippen molar-refractivity contribution in [2.45, 2.75) is 33.4 Å². The van der Waals surface area contributed by atoms with Crippen LogP contribution in [0.15, 0.2) is 36.5 Å². The van der Waals surface area contributed by atoms with E-state index in [2.05, 4.69) is 10.1 Å². The van der Waals surface area contributed by atoms with Crippen molar-refractivity contribution in [2.75, 3.05) is 13.7 Å². The molecule has 2 heterocycles. The van der Waals surface area contributed by atoms with Crippen molar-refractivity contribution in [1.82, 2.24) is 19.7 Å². The summed E-state index contributed by atoms with van der Waals surface area (Å²) in [5, 5.41) is 5.74. The predicted octanol–water partition coefficient (Wildman–Crippen LogP) is 3.79. The van der Waals surface area contributed by atoms with Crippen LogP contribution in [0.1, 0.15) is 41.5 Å². The van der Waals surface area contributed by atoms with Gasteiger partial charge in [-0.3, -0.25) is 9.59 Å². The zero-order valence-corrected chi connectivity index (χ0v) is 17.6. The van der Waals surface area contributed by atoms with Gasteiger partial charge in [-0.1, -0.05) is 23.7 Å². The summed E-state index contributed by atoms with van der Waals surface area (Å²) < 4.78 is 6.59. The molecule has 1 aromatic carbocycles. The van der Waals surface area contributed by atoms with E-state index >= 15 is 0 Å². The first-order valence-electron chi connectivity index (χ1n) is 9.25. The van der Waals surface area contributed by atoms with Crippen molar-refractivity contribution in [1.29, 1.82) is 0 Å². The summed E-state index contributed by atoms with van der Waals surface area (Å²) in [6.07, 6.45) is 1.70. The molecule has 0 fully saturated rings. The highest BCUT2D eigenvalue weighted by Gasteiger charge is 2.23. The van der Waals surface area contributed by atoms with E-state index in [9.17, 15) is 9.59 Å². The number of carbonyl (C=O) groups is 2. The predicted molar refractivity (Wildman–Crippen MR) is 111 cm³/mol. The number of rotatable bonds is 6. The van der Waals surface area contributed by atoms with Crippen molar-refractivity contribution in [3.63, 3.8) is 0 Å². The topological polar surface area (TPSA) is 77.3 Å². The lowest BCUT2D eigenvalue weighted by molar-refractivity contribution is -0.141. The third-order valence-electron chi connectivity index (χ3n) is 4.60. The Morgan fingerprint density at radius 3 is 2.55 bits per heavy atom. The minimum absolute atomic E-state index is 0.154. The quantitative estimate of drug-likeness (QED) is 0.573. The third-order valence-corrected chi connectivity index (χ3v) is 4.85. The van der Waals surface area contributed by atoms with E-state index in [1.807, 2.05) is 30.7 Å². The Kier molecular flexibility index (Phi) is 6.17. The molecule has 0 spiro atoms. The van der Waals surface area contributed by atoms with Crippen LogP contribution in [0, 0.1) is 6.92 Å². The van der Waals surface area contributed by atoms with Crippen LogP contribution >= 0.6 is 11.6 Å². The number of methoxy groups -OCH3 is 1. The molecule has 0 radical (unpaired) electrons. The molecule has 0 bridgehead atoms. The molecule has 8 heteroatoms. The average molecular weight is 415 g/mol. The van der Waals surface area contributed by atoms with Crippen LogP contribution in [-0.2, 0) is 16.1 Å². The van der Waals surface area contributed by atoms with Gasteiger partial charge in [0.1, 0.15) is 6.54 Å². The maximum absolute atomic E-state index is 13.3. The molecule has 0 saturated heterocycles. The summed E-state index contributed by atoms with van der Waals surface area (Å²) in [5.74, 6) is -0.791. The minimum Gasteiger partial charge on any atom is -0.468 e. The van der Waals surface area contributed by atoms with Crippen molar-refractivity contribution < 1.29 is 14.3 Å². The van der Waals surface area contributed by atoms with Gasteiger partial charge in [-0.05, 0) is 44.5 Å². The first kappa shape index (κ1) is 20.8. The van der Waals surface area contributed by atoms with Gasteiger partial charge in [0.25, 0.3) is 5.91 Å². The molecule has 29 heavy (non-hydrogen) atoms. The number of benzene rings is 1. The van der Waals surface area contributed by atoms with Crippen LogP contribution < -0.4 is 0 Å². The van der Waals surface area contributed by atoms with Gasteiger partial charge in [0.15, 0.2) is 5.65 Å². The Bertz CT molecular complexity index is 1040. The van der Waals surface area contributed by atoms with E-state index in [4.69, 9.17) is 16.3 Å². The number of amides is 1. The fourth-order valence-electron chi connectivity index (χ4n) is 3.06. The summed E-state index contributed by atoms with van der Waals surface area (Å²) >= 11 is 5.94. The van der Waals surface area contributed by atoms with Crippen molar-refractivity contribution in [3.8, 4) is 0 Å². The van der Waals surface area contributed by atoms with Crippen LogP contribution in [-0.4, -0.2) is 45.2 Å². The monoisotopic (exact) mass is 414 g/mol. The van der Waals surface area contributed by atoms with Crippen molar-refractivity contribution >= 4 is 34.5 Å². The molecule has 0 aliphatic carbocycles. The normalized spacial score (nSPS) is 11.1. The number of nitrogens with zero attached hydrogens (tertiary/aromatic N) is 4. The molecule has 0 atom stereocenters. The van der Waals surface area contributed by atoms with Gasteiger partial charge in [-0.15, -0.1) is 0 Å². The molecule has 7 nitrogen and oxygen atoms in total. The highest BCUT2D eigenvalue weighted by molar-refractivity contribution is 6.30. The second kappa shape index (κ2) is 8.61. The molecule has 152 valence electrons. The minimum atomic E-state index is -0.494.